The first-order chi connectivity index (χ1) is 4.97. The van der Waals surface area contributed by atoms with E-state index in [1.807, 2.05) is 0 Å². The Morgan fingerprint density at radius 2 is 2.50 bits per heavy atom. The van der Waals surface area contributed by atoms with E-state index in [-0.39, 0.29) is 0 Å². The molecule has 51 valence electrons. The molecule has 2 heteroatoms. The van der Waals surface area contributed by atoms with Gasteiger partial charge in [-0.25, -0.2) is 0 Å². The van der Waals surface area contributed by atoms with Gasteiger partial charge in [-0.3, -0.25) is 0 Å². The second kappa shape index (κ2) is 2.29. The third kappa shape index (κ3) is 0.856. The molecule has 0 saturated heterocycles. The van der Waals surface area contributed by atoms with Gasteiger partial charge in [0.15, 0.2) is 12.0 Å². The Labute approximate surface area is 59.9 Å². The minimum absolute atomic E-state index is 0.966. The highest BCUT2D eigenvalue weighted by atomic mass is 16.5. The van der Waals surface area contributed by atoms with E-state index in [2.05, 4.69) is 11.1 Å². The van der Waals surface area contributed by atoms with Crippen LogP contribution in [-0.2, 0) is 4.74 Å². The van der Waals surface area contributed by atoms with E-state index in [0.717, 1.165) is 24.3 Å². The second-order valence-corrected chi connectivity index (χ2v) is 2.44. The fourth-order valence-corrected chi connectivity index (χ4v) is 1.21. The third-order valence-corrected chi connectivity index (χ3v) is 1.72. The van der Waals surface area contributed by atoms with Crippen LogP contribution in [0.25, 0.3) is 0 Å². The maximum Gasteiger partial charge on any atom is 0.295 e. The van der Waals surface area contributed by atoms with Crippen LogP contribution in [0, 0.1) is 0 Å². The number of fused-ring (bicyclic) bond motifs is 1. The smallest absolute Gasteiger partial charge is 0.295 e. The van der Waals surface area contributed by atoms with Crippen molar-refractivity contribution in [2.24, 2.45) is 0 Å². The molecule has 2 rings (SSSR count). The quantitative estimate of drug-likeness (QED) is 0.491. The number of nitrogens with zero attached hydrogens (tertiary/aromatic N) is 1. The number of aliphatic imine (C=N–C) groups is 1. The van der Waals surface area contributed by atoms with Crippen LogP contribution in [0.15, 0.2) is 24.3 Å². The minimum atomic E-state index is 0.966. The zero-order chi connectivity index (χ0) is 6.81. The van der Waals surface area contributed by atoms with Crippen LogP contribution in [-0.4, -0.2) is 5.71 Å². The Balaban J connectivity index is 2.32. The molecule has 10 heavy (non-hydrogen) atoms. The average Bonchev–Trinajstić information content (AvgIpc) is 2.05. The number of ether oxygens (including phenoxy) is 1. The van der Waals surface area contributed by atoms with E-state index < -0.39 is 0 Å². The molecule has 0 aromatic heterocycles. The molecule has 1 heterocycles. The van der Waals surface area contributed by atoms with Crippen LogP contribution < -0.4 is 4.99 Å². The molecule has 1 aliphatic heterocycles. The molecule has 0 saturated carbocycles. The van der Waals surface area contributed by atoms with E-state index in [4.69, 9.17) is 4.74 Å². The third-order valence-electron chi connectivity index (χ3n) is 1.72. The molecule has 2 nitrogen and oxygen atoms in total. The fourth-order valence-electron chi connectivity index (χ4n) is 1.21. The molecule has 0 N–H and O–H groups in total. The summed E-state index contributed by atoms with van der Waals surface area (Å²) in [5.41, 5.74) is 1.11. The second-order valence-electron chi connectivity index (χ2n) is 2.44. The summed E-state index contributed by atoms with van der Waals surface area (Å²) in [4.78, 5) is 4.19. The van der Waals surface area contributed by atoms with Gasteiger partial charge in [0.2, 0.25) is 0 Å². The lowest BCUT2D eigenvalue weighted by molar-refractivity contribution is 0.362. The zero-order valence-corrected chi connectivity index (χ0v) is 5.71. The molecule has 0 amide bonds. The first-order valence-electron chi connectivity index (χ1n) is 3.56. The van der Waals surface area contributed by atoms with Crippen molar-refractivity contribution in [1.82, 2.24) is 4.99 Å². The van der Waals surface area contributed by atoms with Gasteiger partial charge < -0.3 is 4.74 Å². The highest BCUT2D eigenvalue weighted by Crippen LogP contribution is 2.16. The summed E-state index contributed by atoms with van der Waals surface area (Å²) >= 11 is 0. The van der Waals surface area contributed by atoms with Crippen LogP contribution in [0.5, 0.6) is 0 Å². The van der Waals surface area contributed by atoms with E-state index in [0.29, 0.717) is 0 Å². The van der Waals surface area contributed by atoms with Gasteiger partial charge in [-0.1, -0.05) is 0 Å². The summed E-state index contributed by atoms with van der Waals surface area (Å²) in [5, 5.41) is 0. The lowest BCUT2D eigenvalue weighted by atomic mass is 10.0. The first kappa shape index (κ1) is 5.71. The SMILES string of the molecule is C1=COC2=CCCCC2=[N+]1. The molecular formula is C8H9NO+. The van der Waals surface area contributed by atoms with Crippen LogP contribution in [0.1, 0.15) is 19.3 Å². The normalized spacial score (nSPS) is 22.4. The van der Waals surface area contributed by atoms with E-state index in [1.54, 1.807) is 12.5 Å². The molecule has 0 atom stereocenters. The summed E-state index contributed by atoms with van der Waals surface area (Å²) in [6, 6.07) is 0. The van der Waals surface area contributed by atoms with Gasteiger partial charge in [-0.05, 0) is 18.9 Å². The largest absolute Gasteiger partial charge is 0.452 e. The molecule has 0 aromatic rings. The summed E-state index contributed by atoms with van der Waals surface area (Å²) in [6.45, 7) is 0. The highest BCUT2D eigenvalue weighted by Gasteiger charge is 2.23. The molecule has 0 unspecified atom stereocenters. The number of hydrogen-bond acceptors (Lipinski definition) is 2. The highest BCUT2D eigenvalue weighted by molar-refractivity contribution is 5.98. The molecule has 0 fully saturated rings. The van der Waals surface area contributed by atoms with Gasteiger partial charge >= 0.3 is 0 Å². The van der Waals surface area contributed by atoms with Crippen molar-refractivity contribution >= 4 is 5.71 Å². The number of hydrogen-bond donors (Lipinski definition) is 0. The Bertz CT molecular complexity index is 225. The van der Waals surface area contributed by atoms with E-state index >= 15 is 0 Å². The van der Waals surface area contributed by atoms with Gasteiger partial charge in [-0.15, -0.1) is 0 Å². The molecule has 1 aliphatic carbocycles. The maximum atomic E-state index is 5.23. The predicted molar refractivity (Wildman–Crippen MR) is 39.3 cm³/mol. The Kier molecular flexibility index (Phi) is 1.31. The van der Waals surface area contributed by atoms with Crippen molar-refractivity contribution in [2.45, 2.75) is 19.3 Å². The first-order valence-corrected chi connectivity index (χ1v) is 3.56. The van der Waals surface area contributed by atoms with Gasteiger partial charge in [-0.2, -0.15) is 0 Å². The number of rotatable bonds is 0. The molecule has 0 aromatic carbocycles. The van der Waals surface area contributed by atoms with Crippen molar-refractivity contribution in [3.05, 3.63) is 24.3 Å². The predicted octanol–water partition coefficient (Wildman–Crippen LogP) is 1.33. The van der Waals surface area contributed by atoms with Crippen molar-refractivity contribution < 1.29 is 4.74 Å². The maximum absolute atomic E-state index is 5.23. The number of allylic oxidation sites excluding steroid dienone is 2. The lowest BCUT2D eigenvalue weighted by Crippen LogP contribution is -2.15. The molecule has 0 bridgehead atoms. The van der Waals surface area contributed by atoms with Crippen molar-refractivity contribution in [3.63, 3.8) is 0 Å². The van der Waals surface area contributed by atoms with E-state index in [1.165, 1.54) is 6.42 Å². The van der Waals surface area contributed by atoms with Crippen LogP contribution in [0.3, 0.4) is 0 Å². The lowest BCUT2D eigenvalue weighted by Gasteiger charge is -2.08. The van der Waals surface area contributed by atoms with Crippen molar-refractivity contribution in [3.8, 4) is 0 Å². The Morgan fingerprint density at radius 3 is 3.40 bits per heavy atom. The zero-order valence-electron chi connectivity index (χ0n) is 5.71. The molecule has 2 aliphatic rings. The summed E-state index contributed by atoms with van der Waals surface area (Å²) in [6.07, 6.45) is 8.84. The Morgan fingerprint density at radius 1 is 1.50 bits per heavy atom. The average molecular weight is 135 g/mol. The monoisotopic (exact) mass is 135 g/mol. The van der Waals surface area contributed by atoms with Crippen LogP contribution in [0.2, 0.25) is 0 Å². The molecular weight excluding hydrogens is 126 g/mol. The van der Waals surface area contributed by atoms with Crippen molar-refractivity contribution in [2.75, 3.05) is 0 Å². The Hall–Kier alpha value is -1.05. The van der Waals surface area contributed by atoms with E-state index in [9.17, 15) is 0 Å². The summed E-state index contributed by atoms with van der Waals surface area (Å²) in [7, 11) is 0. The molecule has 0 spiro atoms. The van der Waals surface area contributed by atoms with Crippen LogP contribution in [0.4, 0.5) is 0 Å². The van der Waals surface area contributed by atoms with Crippen LogP contribution >= 0.6 is 0 Å². The standard InChI is InChI=1S/C8H9NO/c1-2-4-8-7(3-1)9-5-6-10-8/h4-6H,1-3H2/q+1. The van der Waals surface area contributed by atoms with Crippen molar-refractivity contribution in [1.29, 1.82) is 0 Å². The summed E-state index contributed by atoms with van der Waals surface area (Å²) in [5.74, 6) is 0.966. The van der Waals surface area contributed by atoms with Gasteiger partial charge in [0.05, 0.1) is 4.99 Å². The van der Waals surface area contributed by atoms with Gasteiger partial charge in [0.25, 0.3) is 11.9 Å². The summed E-state index contributed by atoms with van der Waals surface area (Å²) < 4.78 is 5.23. The van der Waals surface area contributed by atoms with Gasteiger partial charge in [0.1, 0.15) is 0 Å². The molecule has 1 radical (unpaired) electrons. The van der Waals surface area contributed by atoms with Gasteiger partial charge in [0, 0.05) is 6.42 Å². The topological polar surface area (TPSA) is 23.3 Å². The minimum Gasteiger partial charge on any atom is -0.452 e. The fraction of sp³-hybridized carbons (Fsp3) is 0.375.